The lowest BCUT2D eigenvalue weighted by atomic mass is 10.1. The number of halogens is 3. The van der Waals surface area contributed by atoms with E-state index in [1.54, 1.807) is 56.3 Å². The minimum atomic E-state index is -4.22. The van der Waals surface area contributed by atoms with Crippen LogP contribution in [0.1, 0.15) is 25.8 Å². The summed E-state index contributed by atoms with van der Waals surface area (Å²) in [5, 5.41) is 3.66. The summed E-state index contributed by atoms with van der Waals surface area (Å²) in [6.07, 6.45) is 0.318. The van der Waals surface area contributed by atoms with E-state index in [1.807, 2.05) is 0 Å². The second kappa shape index (κ2) is 13.3. The summed E-state index contributed by atoms with van der Waals surface area (Å²) in [6.45, 7) is 3.43. The summed E-state index contributed by atoms with van der Waals surface area (Å²) in [4.78, 5) is 28.2. The van der Waals surface area contributed by atoms with E-state index in [2.05, 4.69) is 5.32 Å². The fraction of sp³-hybridized carbons (Fsp3) is 0.259. The van der Waals surface area contributed by atoms with Gasteiger partial charge in [0.15, 0.2) is 0 Å². The third kappa shape index (κ3) is 7.20. The number of nitrogens with one attached hydrogen (secondary N) is 1. The zero-order chi connectivity index (χ0) is 27.9. The minimum absolute atomic E-state index is 0.0150. The van der Waals surface area contributed by atoms with Crippen LogP contribution in [0.15, 0.2) is 77.7 Å². The van der Waals surface area contributed by atoms with Crippen LogP contribution in [-0.2, 0) is 26.2 Å². The molecule has 0 aliphatic carbocycles. The predicted molar refractivity (Wildman–Crippen MR) is 152 cm³/mol. The Morgan fingerprint density at radius 2 is 1.53 bits per heavy atom. The highest BCUT2D eigenvalue weighted by atomic mass is 35.5. The van der Waals surface area contributed by atoms with Crippen molar-refractivity contribution in [1.82, 2.24) is 10.2 Å². The Bertz CT molecular complexity index is 1370. The van der Waals surface area contributed by atoms with Crippen LogP contribution in [0.5, 0.6) is 0 Å². The predicted octanol–water partition coefficient (Wildman–Crippen LogP) is 5.79. The molecule has 0 aliphatic heterocycles. The summed E-state index contributed by atoms with van der Waals surface area (Å²) < 4.78 is 28.5. The molecule has 0 unspecified atom stereocenters. The molecule has 2 amide bonds. The molecule has 3 aromatic carbocycles. The molecule has 0 saturated carbocycles. The third-order valence-electron chi connectivity index (χ3n) is 5.79. The number of rotatable bonds is 11. The Morgan fingerprint density at radius 1 is 0.895 bits per heavy atom. The van der Waals surface area contributed by atoms with Crippen LogP contribution < -0.4 is 9.62 Å². The van der Waals surface area contributed by atoms with E-state index in [1.165, 1.54) is 35.2 Å². The molecular formula is C27H28Cl3N3O4S. The van der Waals surface area contributed by atoms with E-state index in [4.69, 9.17) is 34.8 Å². The molecule has 0 radical (unpaired) electrons. The summed E-state index contributed by atoms with van der Waals surface area (Å²) in [6, 6.07) is 18.1. The number of anilines is 1. The third-order valence-corrected chi connectivity index (χ3v) is 8.36. The molecule has 1 atom stereocenters. The molecule has 0 saturated heterocycles. The van der Waals surface area contributed by atoms with Crippen molar-refractivity contribution in [3.63, 3.8) is 0 Å². The van der Waals surface area contributed by atoms with Crippen molar-refractivity contribution in [1.29, 1.82) is 0 Å². The largest absolute Gasteiger partial charge is 0.355 e. The van der Waals surface area contributed by atoms with E-state index in [0.717, 1.165) is 9.87 Å². The van der Waals surface area contributed by atoms with Gasteiger partial charge in [0.25, 0.3) is 10.0 Å². The molecule has 3 aromatic rings. The smallest absolute Gasteiger partial charge is 0.264 e. The maximum atomic E-state index is 13.9. The molecule has 0 aliphatic rings. The van der Waals surface area contributed by atoms with Gasteiger partial charge in [-0.2, -0.15) is 0 Å². The van der Waals surface area contributed by atoms with Gasteiger partial charge in [0.2, 0.25) is 11.8 Å². The van der Waals surface area contributed by atoms with Crippen molar-refractivity contribution in [3.8, 4) is 0 Å². The van der Waals surface area contributed by atoms with Crippen LogP contribution >= 0.6 is 34.8 Å². The SMILES string of the molecule is CCNC(=O)[C@@H](CC)N(Cc1ccc(Cl)cc1)C(=O)CN(c1ccc(Cl)cc1Cl)S(=O)(=O)c1ccccc1. The number of likely N-dealkylation sites (N-methyl/N-ethyl adjacent to an activating group) is 1. The number of sulfonamides is 1. The molecule has 0 spiro atoms. The first-order chi connectivity index (χ1) is 18.1. The second-order valence-electron chi connectivity index (χ2n) is 8.39. The number of hydrogen-bond acceptors (Lipinski definition) is 4. The summed E-state index contributed by atoms with van der Waals surface area (Å²) in [7, 11) is -4.22. The van der Waals surface area contributed by atoms with Crippen LogP contribution in [0.2, 0.25) is 15.1 Å². The quantitative estimate of drug-likeness (QED) is 0.304. The van der Waals surface area contributed by atoms with Gasteiger partial charge in [-0.05, 0) is 61.4 Å². The van der Waals surface area contributed by atoms with Gasteiger partial charge in [0, 0.05) is 23.1 Å². The molecule has 11 heteroatoms. The molecule has 0 bridgehead atoms. The van der Waals surface area contributed by atoms with E-state index >= 15 is 0 Å². The van der Waals surface area contributed by atoms with E-state index < -0.39 is 28.5 Å². The van der Waals surface area contributed by atoms with Gasteiger partial charge in [-0.25, -0.2) is 8.42 Å². The van der Waals surface area contributed by atoms with Gasteiger partial charge >= 0.3 is 0 Å². The van der Waals surface area contributed by atoms with E-state index in [-0.39, 0.29) is 28.1 Å². The molecule has 3 rings (SSSR count). The fourth-order valence-corrected chi connectivity index (χ4v) is 6.06. The second-order valence-corrected chi connectivity index (χ2v) is 11.5. The van der Waals surface area contributed by atoms with Gasteiger partial charge in [0.05, 0.1) is 15.6 Å². The Labute approximate surface area is 238 Å². The van der Waals surface area contributed by atoms with Crippen LogP contribution in [0.4, 0.5) is 5.69 Å². The maximum absolute atomic E-state index is 13.9. The van der Waals surface area contributed by atoms with Crippen LogP contribution in [-0.4, -0.2) is 44.3 Å². The van der Waals surface area contributed by atoms with E-state index in [0.29, 0.717) is 23.0 Å². The number of hydrogen-bond donors (Lipinski definition) is 1. The molecule has 0 heterocycles. The number of carbonyl (C=O) groups excluding carboxylic acids is 2. The van der Waals surface area contributed by atoms with Crippen molar-refractivity contribution in [3.05, 3.63) is 93.4 Å². The average Bonchev–Trinajstić information content (AvgIpc) is 2.89. The Hall–Kier alpha value is -2.78. The standard InChI is InChI=1S/C27H28Cl3N3O4S/c1-3-24(27(35)31-4-2)32(17-19-10-12-20(28)13-11-19)26(34)18-33(25-15-14-21(29)16-23(25)30)38(36,37)22-8-6-5-7-9-22/h5-16,24H,3-4,17-18H2,1-2H3,(H,31,35)/t24-/m1/s1. The first-order valence-electron chi connectivity index (χ1n) is 11.9. The molecule has 0 fully saturated rings. The first-order valence-corrected chi connectivity index (χ1v) is 14.5. The van der Waals surface area contributed by atoms with Crippen molar-refractivity contribution in [2.75, 3.05) is 17.4 Å². The Kier molecular flexibility index (Phi) is 10.4. The Morgan fingerprint density at radius 3 is 2.11 bits per heavy atom. The average molecular weight is 597 g/mol. The van der Waals surface area contributed by atoms with Crippen LogP contribution in [0.3, 0.4) is 0 Å². The molecule has 202 valence electrons. The molecular weight excluding hydrogens is 569 g/mol. The summed E-state index contributed by atoms with van der Waals surface area (Å²) in [5.41, 5.74) is 0.818. The van der Waals surface area contributed by atoms with Crippen molar-refractivity contribution < 1.29 is 18.0 Å². The number of amides is 2. The molecule has 7 nitrogen and oxygen atoms in total. The maximum Gasteiger partial charge on any atom is 0.264 e. The topological polar surface area (TPSA) is 86.8 Å². The monoisotopic (exact) mass is 595 g/mol. The fourth-order valence-electron chi connectivity index (χ4n) is 3.91. The zero-order valence-corrected chi connectivity index (χ0v) is 24.0. The first kappa shape index (κ1) is 29.8. The van der Waals surface area contributed by atoms with E-state index in [9.17, 15) is 18.0 Å². The highest BCUT2D eigenvalue weighted by Gasteiger charge is 2.34. The molecule has 1 N–H and O–H groups in total. The van der Waals surface area contributed by atoms with Crippen molar-refractivity contribution >= 4 is 62.3 Å². The minimum Gasteiger partial charge on any atom is -0.355 e. The van der Waals surface area contributed by atoms with Crippen LogP contribution in [0, 0.1) is 0 Å². The van der Waals surface area contributed by atoms with Gasteiger partial charge in [-0.15, -0.1) is 0 Å². The summed E-state index contributed by atoms with van der Waals surface area (Å²) >= 11 is 18.5. The van der Waals surface area contributed by atoms with Gasteiger partial charge in [-0.1, -0.05) is 72.1 Å². The normalized spacial score (nSPS) is 12.0. The van der Waals surface area contributed by atoms with Gasteiger partial charge in [0.1, 0.15) is 12.6 Å². The highest BCUT2D eigenvalue weighted by molar-refractivity contribution is 7.92. The lowest BCUT2D eigenvalue weighted by molar-refractivity contribution is -0.140. The zero-order valence-electron chi connectivity index (χ0n) is 20.9. The molecule has 0 aromatic heterocycles. The molecule has 38 heavy (non-hydrogen) atoms. The van der Waals surface area contributed by atoms with Crippen LogP contribution in [0.25, 0.3) is 0 Å². The summed E-state index contributed by atoms with van der Waals surface area (Å²) in [5.74, 6) is -0.914. The van der Waals surface area contributed by atoms with Crippen molar-refractivity contribution in [2.45, 2.75) is 37.8 Å². The lowest BCUT2D eigenvalue weighted by Gasteiger charge is -2.33. The Balaban J connectivity index is 2.08. The highest BCUT2D eigenvalue weighted by Crippen LogP contribution is 2.33. The van der Waals surface area contributed by atoms with Gasteiger partial charge < -0.3 is 10.2 Å². The number of nitrogens with zero attached hydrogens (tertiary/aromatic N) is 2. The number of carbonyl (C=O) groups is 2. The van der Waals surface area contributed by atoms with Crippen molar-refractivity contribution in [2.24, 2.45) is 0 Å². The van der Waals surface area contributed by atoms with Gasteiger partial charge in [-0.3, -0.25) is 13.9 Å². The number of benzene rings is 3. The lowest BCUT2D eigenvalue weighted by Crippen LogP contribution is -2.52.